The zero-order valence-corrected chi connectivity index (χ0v) is 37.9. The second-order valence-corrected chi connectivity index (χ2v) is 16.9. The Kier molecular flexibility index (Phi) is 20.1. The van der Waals surface area contributed by atoms with Crippen LogP contribution < -0.4 is 26.6 Å². The number of carbonyl (C=O) groups excluding carboxylic acids is 7. The summed E-state index contributed by atoms with van der Waals surface area (Å²) >= 11 is 0. The molecule has 2 saturated heterocycles. The topological polar surface area (TPSA) is 214 Å². The van der Waals surface area contributed by atoms with Gasteiger partial charge in [-0.1, -0.05) is 71.4 Å². The number of hydrogen-bond donors (Lipinski definition) is 5. The number of rotatable bonds is 15. The van der Waals surface area contributed by atoms with Crippen molar-refractivity contribution in [1.82, 2.24) is 36.4 Å². The van der Waals surface area contributed by atoms with Gasteiger partial charge in [-0.05, 0) is 44.2 Å². The Morgan fingerprint density at radius 3 is 2.13 bits per heavy atom. The Labute approximate surface area is 361 Å². The van der Waals surface area contributed by atoms with Crippen molar-refractivity contribution in [2.45, 2.75) is 141 Å². The largest absolute Gasteiger partial charge is 0.467 e. The number of carbonyl (C=O) groups is 7. The molecule has 1 aromatic rings. The third-order valence-corrected chi connectivity index (χ3v) is 12.3. The maximum Gasteiger partial charge on any atom is 0.328 e. The monoisotopic (exact) mass is 858 g/mol. The average Bonchev–Trinajstić information content (AvgIpc) is 3.64. The normalized spacial score (nSPS) is 25.9. The molecule has 0 radical (unpaired) electrons. The standard InChI is InChI=1S/C44H71N7O10/c1-12-26(4)39-33(59-9)23-36(54)51-24-30(22-32(51)40(60-10)27(5)41(55)48-31(44(58)61-11)21-29-17-14-13-15-18-29)47-35(53)20-16-19-34(52)46-28(6)38(43(57)50(39)8)49-42(56)37(45-7)25(2)3/h13-15,17-18,25-28,30-33,37-40,45H,12,16,19-24H2,1-11H3,(H,46,52)(H,47,53)(H,48,55)(H,49,56)/t26-,27+,28-,30-,31-,32-,33+,37+,38-,39+,40+/m0/s1. The number of ether oxygens (including phenoxy) is 3. The summed E-state index contributed by atoms with van der Waals surface area (Å²) in [6, 6.07) is 3.75. The Balaban J connectivity index is 2.02. The third-order valence-electron chi connectivity index (χ3n) is 12.3. The van der Waals surface area contributed by atoms with Gasteiger partial charge in [0.25, 0.3) is 0 Å². The molecule has 6 amide bonds. The van der Waals surface area contributed by atoms with Gasteiger partial charge in [-0.15, -0.1) is 0 Å². The van der Waals surface area contributed by atoms with E-state index in [4.69, 9.17) is 14.2 Å². The molecule has 1 aromatic carbocycles. The van der Waals surface area contributed by atoms with Gasteiger partial charge in [0.05, 0.1) is 55.8 Å². The fourth-order valence-corrected chi connectivity index (χ4v) is 8.67. The number of nitrogens with one attached hydrogen (secondary N) is 5. The van der Waals surface area contributed by atoms with Crippen LogP contribution in [-0.4, -0.2) is 148 Å². The molecule has 0 saturated carbocycles. The van der Waals surface area contributed by atoms with E-state index in [0.717, 1.165) is 5.56 Å². The number of methoxy groups -OCH3 is 3. The van der Waals surface area contributed by atoms with E-state index in [1.807, 2.05) is 58.0 Å². The summed E-state index contributed by atoms with van der Waals surface area (Å²) in [5.41, 5.74) is 0.821. The number of amides is 6. The zero-order valence-electron chi connectivity index (χ0n) is 37.9. The second-order valence-electron chi connectivity index (χ2n) is 16.9. The highest BCUT2D eigenvalue weighted by atomic mass is 16.5. The molecule has 11 atom stereocenters. The Morgan fingerprint density at radius 2 is 1.57 bits per heavy atom. The van der Waals surface area contributed by atoms with Gasteiger partial charge in [0.15, 0.2) is 0 Å². The van der Waals surface area contributed by atoms with E-state index >= 15 is 0 Å². The smallest absolute Gasteiger partial charge is 0.328 e. The first kappa shape index (κ1) is 50.7. The first-order valence-electron chi connectivity index (χ1n) is 21.5. The minimum absolute atomic E-state index is 0.0120. The highest BCUT2D eigenvalue weighted by Gasteiger charge is 2.46. The van der Waals surface area contributed by atoms with Crippen LogP contribution in [0.5, 0.6) is 0 Å². The predicted molar refractivity (Wildman–Crippen MR) is 229 cm³/mol. The molecule has 2 bridgehead atoms. The minimum Gasteiger partial charge on any atom is -0.467 e. The van der Waals surface area contributed by atoms with Gasteiger partial charge in [-0.3, -0.25) is 28.8 Å². The molecule has 2 aliphatic rings. The van der Waals surface area contributed by atoms with Gasteiger partial charge < -0.3 is 50.6 Å². The van der Waals surface area contributed by atoms with Crippen molar-refractivity contribution in [2.75, 3.05) is 42.0 Å². The van der Waals surface area contributed by atoms with E-state index in [2.05, 4.69) is 26.6 Å². The van der Waals surface area contributed by atoms with Crippen LogP contribution in [0.1, 0.15) is 85.6 Å². The van der Waals surface area contributed by atoms with Crippen molar-refractivity contribution >= 4 is 41.4 Å². The lowest BCUT2D eigenvalue weighted by atomic mass is 9.89. The van der Waals surface area contributed by atoms with Crippen molar-refractivity contribution in [3.8, 4) is 0 Å². The van der Waals surface area contributed by atoms with Crippen molar-refractivity contribution in [3.05, 3.63) is 35.9 Å². The van der Waals surface area contributed by atoms with E-state index in [9.17, 15) is 33.6 Å². The quantitative estimate of drug-likeness (QED) is 0.159. The lowest BCUT2D eigenvalue weighted by Gasteiger charge is -2.41. The fourth-order valence-electron chi connectivity index (χ4n) is 8.67. The summed E-state index contributed by atoms with van der Waals surface area (Å²) in [4.78, 5) is 99.3. The number of hydrogen-bond acceptors (Lipinski definition) is 11. The summed E-state index contributed by atoms with van der Waals surface area (Å²) in [5, 5.41) is 14.6. The van der Waals surface area contributed by atoms with Gasteiger partial charge in [-0.2, -0.15) is 0 Å². The highest BCUT2D eigenvalue weighted by Crippen LogP contribution is 2.30. The number of likely N-dealkylation sites (N-methyl/N-ethyl adjacent to an activating group) is 2. The average molecular weight is 858 g/mol. The molecule has 0 spiro atoms. The molecule has 17 nitrogen and oxygen atoms in total. The van der Waals surface area contributed by atoms with Crippen molar-refractivity contribution in [1.29, 1.82) is 0 Å². The van der Waals surface area contributed by atoms with Crippen LogP contribution in [0.3, 0.4) is 0 Å². The second kappa shape index (κ2) is 24.1. The van der Waals surface area contributed by atoms with E-state index < -0.39 is 84.1 Å². The van der Waals surface area contributed by atoms with Crippen molar-refractivity contribution < 1.29 is 47.8 Å². The van der Waals surface area contributed by atoms with Gasteiger partial charge in [-0.25, -0.2) is 4.79 Å². The SMILES string of the molecule is CC[C@H](C)[C@@H]1[C@H](OC)CC(=O)N2C[C@H](C[C@H]2[C@H](OC)[C@@H](C)C(=O)N[C@@H](Cc2ccccc2)C(=O)OC)NC(=O)CCCC(=O)N[C@@H](C)[C@H](NC(=O)[C@H](NC)C(C)C)C(=O)N1C. The van der Waals surface area contributed by atoms with Gasteiger partial charge in [0.1, 0.15) is 12.1 Å². The summed E-state index contributed by atoms with van der Waals surface area (Å²) in [5.74, 6) is -4.19. The molecule has 0 aliphatic carbocycles. The Bertz CT molecular complexity index is 1650. The molecular formula is C44H71N7O10. The van der Waals surface area contributed by atoms with Gasteiger partial charge in [0.2, 0.25) is 35.4 Å². The lowest BCUT2D eigenvalue weighted by Crippen LogP contribution is -2.63. The van der Waals surface area contributed by atoms with Crippen LogP contribution in [0.2, 0.25) is 0 Å². The molecule has 342 valence electrons. The van der Waals surface area contributed by atoms with Crippen LogP contribution in [0, 0.1) is 17.8 Å². The molecule has 2 heterocycles. The number of nitrogens with zero attached hydrogens (tertiary/aromatic N) is 2. The molecule has 17 heteroatoms. The Morgan fingerprint density at radius 1 is 0.934 bits per heavy atom. The molecule has 0 aromatic heterocycles. The maximum atomic E-state index is 14.7. The molecule has 61 heavy (non-hydrogen) atoms. The number of benzene rings is 1. The summed E-state index contributed by atoms with van der Waals surface area (Å²) in [6.07, 6.45) is -0.588. The summed E-state index contributed by atoms with van der Waals surface area (Å²) < 4.78 is 17.1. The zero-order chi connectivity index (χ0) is 45.6. The van der Waals surface area contributed by atoms with Crippen LogP contribution in [0.25, 0.3) is 0 Å². The van der Waals surface area contributed by atoms with E-state index in [1.165, 1.54) is 26.2 Å². The molecule has 0 unspecified atom stereocenters. The van der Waals surface area contributed by atoms with Gasteiger partial charge in [0, 0.05) is 53.1 Å². The Hall–Kier alpha value is -4.61. The van der Waals surface area contributed by atoms with Crippen molar-refractivity contribution in [3.63, 3.8) is 0 Å². The predicted octanol–water partition coefficient (Wildman–Crippen LogP) is 1.32. The first-order chi connectivity index (χ1) is 28.9. The maximum absolute atomic E-state index is 14.7. The van der Waals surface area contributed by atoms with Crippen LogP contribution >= 0.6 is 0 Å². The van der Waals surface area contributed by atoms with Crippen molar-refractivity contribution in [2.24, 2.45) is 17.8 Å². The molecule has 5 N–H and O–H groups in total. The van der Waals surface area contributed by atoms with Crippen LogP contribution in [0.15, 0.2) is 30.3 Å². The first-order valence-corrected chi connectivity index (χ1v) is 21.5. The van der Waals surface area contributed by atoms with E-state index in [-0.39, 0.29) is 74.6 Å². The molecule has 3 rings (SSSR count). The van der Waals surface area contributed by atoms with E-state index in [1.54, 1.807) is 32.8 Å². The summed E-state index contributed by atoms with van der Waals surface area (Å²) in [7, 11) is 7.45. The summed E-state index contributed by atoms with van der Waals surface area (Å²) in [6.45, 7) is 11.1. The van der Waals surface area contributed by atoms with E-state index in [0.29, 0.717) is 6.42 Å². The number of fused-ring (bicyclic) bond motifs is 2. The minimum atomic E-state index is -1.18. The number of esters is 1. The highest BCUT2D eigenvalue weighted by molar-refractivity contribution is 5.91. The fraction of sp³-hybridized carbons (Fsp3) is 0.705. The third kappa shape index (κ3) is 13.7. The van der Waals surface area contributed by atoms with Gasteiger partial charge >= 0.3 is 5.97 Å². The van der Waals surface area contributed by atoms with Crippen LogP contribution in [0.4, 0.5) is 0 Å². The molecular weight excluding hydrogens is 787 g/mol. The lowest BCUT2D eigenvalue weighted by molar-refractivity contribution is -0.149. The molecule has 2 fully saturated rings. The van der Waals surface area contributed by atoms with Crippen LogP contribution in [-0.2, 0) is 54.2 Å². The molecule has 2 aliphatic heterocycles.